The van der Waals surface area contributed by atoms with E-state index in [0.29, 0.717) is 0 Å². The van der Waals surface area contributed by atoms with E-state index in [1.54, 1.807) is 0 Å². The lowest BCUT2D eigenvalue weighted by atomic mass is 9.89. The monoisotopic (exact) mass is 1080 g/mol. The lowest BCUT2D eigenvalue weighted by Crippen LogP contribution is -2.05. The SMILES string of the molecule is CCCCCCCCCCCCC(CCCCCCCCCC)Cc1csc(-c2cc3c(cc(-c4cc(CC(CCCCCCCCCC)CCCCCCCCCCCC)cs4)c4nsnc43)c3nsnc23)c1. The van der Waals surface area contributed by atoms with Crippen LogP contribution in [0.4, 0.5) is 0 Å². The average Bonchev–Trinajstić information content (AvgIpc) is 4.29. The molecule has 4 heterocycles. The molecule has 0 amide bonds. The fourth-order valence-electron chi connectivity index (χ4n) is 12.0. The summed E-state index contributed by atoms with van der Waals surface area (Å²) in [6.07, 6.45) is 58.5. The first kappa shape index (κ1) is 61.0. The second-order valence-electron chi connectivity index (χ2n) is 23.1. The molecule has 0 bridgehead atoms. The molecule has 2 aromatic carbocycles. The van der Waals surface area contributed by atoms with Crippen molar-refractivity contribution in [2.24, 2.45) is 11.8 Å². The standard InChI is InChI=1S/C66H104N4S4/c1-5-9-13-17-21-25-27-31-35-39-43-53(41-37-33-29-23-19-15-11-7-3)45-55-47-61(71-51-55)59-49-57-58(63-65(59)69-73-67-63)50-60(66-64(57)68-74-70-66)62-48-56(52-72-62)46-54(42-38-34-30-24-20-16-12-8-4)44-40-36-32-28-26-22-18-14-10-6-2/h47-54H,5-46H2,1-4H3. The summed E-state index contributed by atoms with van der Waals surface area (Å²) in [5, 5.41) is 7.24. The van der Waals surface area contributed by atoms with Gasteiger partial charge in [0.1, 0.15) is 22.1 Å². The Hall–Kier alpha value is -2.26. The van der Waals surface area contributed by atoms with Gasteiger partial charge in [0.2, 0.25) is 0 Å². The predicted molar refractivity (Wildman–Crippen MR) is 334 cm³/mol. The molecule has 0 aliphatic carbocycles. The number of aromatic nitrogens is 4. The molecule has 0 aliphatic rings. The van der Waals surface area contributed by atoms with Crippen LogP contribution in [0.2, 0.25) is 0 Å². The normalized spacial score (nSPS) is 12.9. The summed E-state index contributed by atoms with van der Waals surface area (Å²) < 4.78 is 20.1. The minimum Gasteiger partial charge on any atom is -0.172 e. The van der Waals surface area contributed by atoms with Gasteiger partial charge in [0.05, 0.1) is 23.5 Å². The molecule has 4 nitrogen and oxygen atoms in total. The van der Waals surface area contributed by atoms with Crippen molar-refractivity contribution >= 4 is 79.0 Å². The summed E-state index contributed by atoms with van der Waals surface area (Å²) in [6.45, 7) is 9.28. The van der Waals surface area contributed by atoms with E-state index in [2.05, 4.69) is 62.7 Å². The number of hydrogen-bond donors (Lipinski definition) is 0. The van der Waals surface area contributed by atoms with Gasteiger partial charge in [-0.3, -0.25) is 0 Å². The molecule has 0 radical (unpaired) electrons. The molecule has 6 aromatic rings. The van der Waals surface area contributed by atoms with E-state index < -0.39 is 0 Å². The van der Waals surface area contributed by atoms with E-state index in [-0.39, 0.29) is 0 Å². The maximum atomic E-state index is 5.03. The van der Waals surface area contributed by atoms with E-state index in [4.69, 9.17) is 17.5 Å². The van der Waals surface area contributed by atoms with Crippen LogP contribution < -0.4 is 0 Å². The van der Waals surface area contributed by atoms with Crippen LogP contribution in [0.15, 0.2) is 35.0 Å². The third-order valence-corrected chi connectivity index (χ3v) is 19.7. The minimum atomic E-state index is 0.770. The van der Waals surface area contributed by atoms with Crippen molar-refractivity contribution < 1.29 is 0 Å². The molecule has 0 fully saturated rings. The van der Waals surface area contributed by atoms with Crippen LogP contribution in [0.5, 0.6) is 0 Å². The summed E-state index contributed by atoms with van der Waals surface area (Å²) in [5.74, 6) is 1.54. The van der Waals surface area contributed by atoms with Crippen molar-refractivity contribution in [3.05, 3.63) is 46.2 Å². The molecule has 2 unspecified atom stereocenters. The molecule has 2 atom stereocenters. The van der Waals surface area contributed by atoms with Crippen LogP contribution in [-0.4, -0.2) is 17.5 Å². The molecule has 8 heteroatoms. The van der Waals surface area contributed by atoms with Crippen LogP contribution in [0, 0.1) is 11.8 Å². The highest BCUT2D eigenvalue weighted by Crippen LogP contribution is 2.43. The fourth-order valence-corrected chi connectivity index (χ4v) is 15.1. The van der Waals surface area contributed by atoms with E-state index in [1.165, 1.54) is 325 Å². The maximum Gasteiger partial charge on any atom is 0.114 e. The minimum absolute atomic E-state index is 0.770. The molecule has 412 valence electrons. The maximum absolute atomic E-state index is 5.03. The molecule has 0 aliphatic heterocycles. The molecular formula is C66H104N4S4. The zero-order chi connectivity index (χ0) is 51.7. The molecule has 0 N–H and O–H groups in total. The Balaban J connectivity index is 1.11. The van der Waals surface area contributed by atoms with E-state index in [9.17, 15) is 0 Å². The quantitative estimate of drug-likeness (QED) is 0.0358. The molecule has 0 spiro atoms. The van der Waals surface area contributed by atoms with Crippen LogP contribution in [-0.2, 0) is 12.8 Å². The Morgan fingerprint density at radius 2 is 0.568 bits per heavy atom. The number of rotatable bonds is 46. The predicted octanol–water partition coefficient (Wildman–Crippen LogP) is 24.3. The summed E-state index contributed by atoms with van der Waals surface area (Å²) in [6, 6.07) is 9.77. The zero-order valence-corrected chi connectivity index (χ0v) is 51.0. The highest BCUT2D eigenvalue weighted by atomic mass is 32.1. The van der Waals surface area contributed by atoms with Crippen LogP contribution in [0.3, 0.4) is 0 Å². The Bertz CT molecular complexity index is 2170. The number of fused-ring (bicyclic) bond motifs is 5. The largest absolute Gasteiger partial charge is 0.172 e. The molecular weight excluding hydrogens is 977 g/mol. The smallest absolute Gasteiger partial charge is 0.114 e. The van der Waals surface area contributed by atoms with Crippen LogP contribution in [0.25, 0.3) is 53.7 Å². The molecule has 4 aromatic heterocycles. The average molecular weight is 1080 g/mol. The molecule has 0 saturated carbocycles. The van der Waals surface area contributed by atoms with Crippen molar-refractivity contribution in [2.75, 3.05) is 0 Å². The highest BCUT2D eigenvalue weighted by molar-refractivity contribution is 7.14. The fraction of sp³-hybridized carbons (Fsp3) is 0.727. The van der Waals surface area contributed by atoms with Gasteiger partial charge < -0.3 is 0 Å². The number of hydrogen-bond acceptors (Lipinski definition) is 8. The van der Waals surface area contributed by atoms with Crippen molar-refractivity contribution in [2.45, 2.75) is 297 Å². The van der Waals surface area contributed by atoms with Crippen molar-refractivity contribution in [1.82, 2.24) is 17.5 Å². The number of unbranched alkanes of at least 4 members (excludes halogenated alkanes) is 32. The highest BCUT2D eigenvalue weighted by Gasteiger charge is 2.22. The van der Waals surface area contributed by atoms with Crippen LogP contribution >= 0.6 is 46.1 Å². The van der Waals surface area contributed by atoms with E-state index in [1.807, 2.05) is 22.7 Å². The summed E-state index contributed by atoms with van der Waals surface area (Å²) >= 11 is 6.51. The first-order valence-corrected chi connectivity index (χ1v) is 34.8. The lowest BCUT2D eigenvalue weighted by molar-refractivity contribution is 0.400. The van der Waals surface area contributed by atoms with Gasteiger partial charge in [-0.25, -0.2) is 0 Å². The van der Waals surface area contributed by atoms with Crippen molar-refractivity contribution in [3.8, 4) is 20.9 Å². The summed E-state index contributed by atoms with van der Waals surface area (Å²) in [7, 11) is 0. The molecule has 74 heavy (non-hydrogen) atoms. The Labute approximate surface area is 469 Å². The van der Waals surface area contributed by atoms with Gasteiger partial charge in [-0.15, -0.1) is 22.7 Å². The zero-order valence-electron chi connectivity index (χ0n) is 47.7. The first-order chi connectivity index (χ1) is 36.6. The van der Waals surface area contributed by atoms with Gasteiger partial charge in [0.15, 0.2) is 0 Å². The van der Waals surface area contributed by atoms with Gasteiger partial charge in [0.25, 0.3) is 0 Å². The van der Waals surface area contributed by atoms with Gasteiger partial charge in [-0.2, -0.15) is 17.5 Å². The van der Waals surface area contributed by atoms with Crippen molar-refractivity contribution in [1.29, 1.82) is 0 Å². The number of benzene rings is 2. The Kier molecular flexibility index (Phi) is 30.9. The summed E-state index contributed by atoms with van der Waals surface area (Å²) in [4.78, 5) is 2.62. The second kappa shape index (κ2) is 37.5. The second-order valence-corrected chi connectivity index (χ2v) is 26.0. The van der Waals surface area contributed by atoms with Crippen LogP contribution in [0.1, 0.15) is 296 Å². The number of thiophene rings is 2. The number of nitrogens with zero attached hydrogens (tertiary/aromatic N) is 4. The Morgan fingerprint density at radius 3 is 0.851 bits per heavy atom. The van der Waals surface area contributed by atoms with Gasteiger partial charge >= 0.3 is 0 Å². The first-order valence-electron chi connectivity index (χ1n) is 31.6. The third-order valence-electron chi connectivity index (χ3n) is 16.6. The lowest BCUT2D eigenvalue weighted by Gasteiger charge is -2.16. The van der Waals surface area contributed by atoms with Gasteiger partial charge in [-0.05, 0) is 70.8 Å². The molecule has 0 saturated heterocycles. The van der Waals surface area contributed by atoms with Gasteiger partial charge in [0, 0.05) is 31.7 Å². The topological polar surface area (TPSA) is 51.6 Å². The summed E-state index contributed by atoms with van der Waals surface area (Å²) in [5.41, 5.74) is 9.52. The van der Waals surface area contributed by atoms with Gasteiger partial charge in [-0.1, -0.05) is 285 Å². The van der Waals surface area contributed by atoms with E-state index in [0.717, 1.165) is 44.7 Å². The third kappa shape index (κ3) is 21.5. The molecule has 6 rings (SSSR count). The van der Waals surface area contributed by atoms with Crippen molar-refractivity contribution in [3.63, 3.8) is 0 Å². The Morgan fingerprint density at radius 1 is 0.311 bits per heavy atom. The van der Waals surface area contributed by atoms with E-state index >= 15 is 0 Å².